The van der Waals surface area contributed by atoms with E-state index in [-0.39, 0.29) is 0 Å². The first-order chi connectivity index (χ1) is 9.58. The fourth-order valence-electron chi connectivity index (χ4n) is 4.29. The van der Waals surface area contributed by atoms with E-state index in [1.165, 1.54) is 25.7 Å². The second-order valence-corrected chi connectivity index (χ2v) is 6.84. The summed E-state index contributed by atoms with van der Waals surface area (Å²) >= 11 is 0. The summed E-state index contributed by atoms with van der Waals surface area (Å²) in [5.41, 5.74) is 1.69. The van der Waals surface area contributed by atoms with Gasteiger partial charge in [-0.05, 0) is 63.2 Å². The molecule has 2 aliphatic carbocycles. The van der Waals surface area contributed by atoms with Gasteiger partial charge in [0, 0.05) is 19.4 Å². The molecule has 20 heavy (non-hydrogen) atoms. The molecule has 0 spiro atoms. The van der Waals surface area contributed by atoms with E-state index in [0.29, 0.717) is 6.61 Å². The quantitative estimate of drug-likeness (QED) is 0.599. The number of aliphatic hydroxyl groups is 1. The predicted octanol–water partition coefficient (Wildman–Crippen LogP) is 4.67. The Balaban J connectivity index is 1.85. The van der Waals surface area contributed by atoms with Crippen LogP contribution in [-0.4, -0.2) is 17.5 Å². The summed E-state index contributed by atoms with van der Waals surface area (Å²) in [6.45, 7) is 7.22. The van der Waals surface area contributed by atoms with Crippen LogP contribution in [0.5, 0.6) is 0 Å². The van der Waals surface area contributed by atoms with Crippen molar-refractivity contribution in [3.8, 4) is 0 Å². The zero-order chi connectivity index (χ0) is 14.6. The largest absolute Gasteiger partial charge is 0.365 e. The molecule has 2 nitrogen and oxygen atoms in total. The van der Waals surface area contributed by atoms with Gasteiger partial charge < -0.3 is 9.84 Å². The molecule has 2 rings (SSSR count). The summed E-state index contributed by atoms with van der Waals surface area (Å²) in [5.74, 6) is 1.62. The Morgan fingerprint density at radius 1 is 1.20 bits per heavy atom. The van der Waals surface area contributed by atoms with Crippen molar-refractivity contribution in [1.29, 1.82) is 0 Å². The van der Waals surface area contributed by atoms with Crippen LogP contribution in [0.25, 0.3) is 0 Å². The van der Waals surface area contributed by atoms with Crippen LogP contribution in [0.3, 0.4) is 0 Å². The van der Waals surface area contributed by atoms with Gasteiger partial charge in [-0.25, -0.2) is 0 Å². The van der Waals surface area contributed by atoms with E-state index in [2.05, 4.69) is 19.9 Å². The summed E-state index contributed by atoms with van der Waals surface area (Å²) in [5, 5.41) is 10.3. The van der Waals surface area contributed by atoms with Crippen LogP contribution < -0.4 is 0 Å². The van der Waals surface area contributed by atoms with Crippen molar-refractivity contribution in [2.75, 3.05) is 6.61 Å². The molecule has 1 N–H and O–H groups in total. The Hall–Kier alpha value is -0.340. The second-order valence-electron chi connectivity index (χ2n) is 6.84. The van der Waals surface area contributed by atoms with Crippen LogP contribution in [0.4, 0.5) is 0 Å². The Bertz CT molecular complexity index is 326. The van der Waals surface area contributed by atoms with E-state index in [1.54, 1.807) is 5.57 Å². The van der Waals surface area contributed by atoms with Crippen molar-refractivity contribution in [3.63, 3.8) is 0 Å². The number of hydrogen-bond donors (Lipinski definition) is 1. The van der Waals surface area contributed by atoms with Crippen molar-refractivity contribution < 1.29 is 9.84 Å². The highest BCUT2D eigenvalue weighted by Gasteiger charge is 2.37. The molecule has 0 aromatic carbocycles. The molecule has 2 heteroatoms. The first-order valence-electron chi connectivity index (χ1n) is 8.63. The highest BCUT2D eigenvalue weighted by Crippen LogP contribution is 2.44. The van der Waals surface area contributed by atoms with E-state index in [1.807, 2.05) is 6.92 Å². The van der Waals surface area contributed by atoms with Gasteiger partial charge in [0.05, 0.1) is 0 Å². The number of allylic oxidation sites excluding steroid dienone is 2. The van der Waals surface area contributed by atoms with Crippen LogP contribution >= 0.6 is 0 Å². The molecule has 0 heterocycles. The first-order valence-corrected chi connectivity index (χ1v) is 8.63. The normalized spacial score (nSPS) is 41.0. The summed E-state index contributed by atoms with van der Waals surface area (Å²) < 4.78 is 5.52. The maximum absolute atomic E-state index is 10.3. The Labute approximate surface area is 124 Å². The minimum atomic E-state index is -0.821. The average molecular weight is 280 g/mol. The molecule has 2 fully saturated rings. The lowest BCUT2D eigenvalue weighted by atomic mass is 9.68. The maximum atomic E-state index is 10.3. The van der Waals surface area contributed by atoms with Crippen LogP contribution in [0.15, 0.2) is 11.6 Å². The third-order valence-corrected chi connectivity index (χ3v) is 5.45. The van der Waals surface area contributed by atoms with E-state index < -0.39 is 5.79 Å². The molecular formula is C18H32O2. The summed E-state index contributed by atoms with van der Waals surface area (Å²) in [7, 11) is 0. The van der Waals surface area contributed by atoms with Crippen molar-refractivity contribution >= 4 is 0 Å². The number of ether oxygens (including phenoxy) is 1. The van der Waals surface area contributed by atoms with Crippen LogP contribution in [-0.2, 0) is 4.74 Å². The highest BCUT2D eigenvalue weighted by molar-refractivity contribution is 5.09. The standard InChI is InChI=1S/C18H32O2/c1-4-6-15-7-8-17(13-14(15)3)16-9-11-18(19,12-10-16)20-5-2/h6,14,16-17,19H,4-5,7-13H2,1-3H3/b15-6-. The molecule has 116 valence electrons. The monoisotopic (exact) mass is 280 g/mol. The molecule has 0 aromatic rings. The van der Waals surface area contributed by atoms with Gasteiger partial charge in [-0.2, -0.15) is 0 Å². The van der Waals surface area contributed by atoms with Crippen molar-refractivity contribution in [2.45, 2.75) is 77.9 Å². The topological polar surface area (TPSA) is 29.5 Å². The fourth-order valence-corrected chi connectivity index (χ4v) is 4.29. The molecule has 0 aromatic heterocycles. The predicted molar refractivity (Wildman–Crippen MR) is 83.4 cm³/mol. The molecule has 0 bridgehead atoms. The number of rotatable bonds is 4. The lowest BCUT2D eigenvalue weighted by Crippen LogP contribution is -2.39. The van der Waals surface area contributed by atoms with Gasteiger partial charge in [0.2, 0.25) is 0 Å². The smallest absolute Gasteiger partial charge is 0.165 e. The second kappa shape index (κ2) is 7.09. The van der Waals surface area contributed by atoms with Crippen LogP contribution in [0, 0.1) is 17.8 Å². The molecule has 2 unspecified atom stereocenters. The fraction of sp³-hybridized carbons (Fsp3) is 0.889. The SMILES string of the molecule is CC/C=C1/CCC(C2CCC(O)(OCC)CC2)CC1C. The van der Waals surface area contributed by atoms with Crippen molar-refractivity contribution in [3.05, 3.63) is 11.6 Å². The molecular weight excluding hydrogens is 248 g/mol. The van der Waals surface area contributed by atoms with Gasteiger partial charge in [-0.3, -0.25) is 0 Å². The Morgan fingerprint density at radius 3 is 2.45 bits per heavy atom. The number of hydrogen-bond acceptors (Lipinski definition) is 2. The van der Waals surface area contributed by atoms with Gasteiger partial charge in [0.1, 0.15) is 0 Å². The summed E-state index contributed by atoms with van der Waals surface area (Å²) in [6, 6.07) is 0. The molecule has 2 saturated carbocycles. The molecule has 0 saturated heterocycles. The van der Waals surface area contributed by atoms with Gasteiger partial charge in [0.15, 0.2) is 5.79 Å². The lowest BCUT2D eigenvalue weighted by Gasteiger charge is -2.41. The summed E-state index contributed by atoms with van der Waals surface area (Å²) in [6.07, 6.45) is 11.6. The highest BCUT2D eigenvalue weighted by atomic mass is 16.6. The minimum Gasteiger partial charge on any atom is -0.365 e. The van der Waals surface area contributed by atoms with Gasteiger partial charge in [-0.15, -0.1) is 0 Å². The zero-order valence-corrected chi connectivity index (χ0v) is 13.5. The van der Waals surface area contributed by atoms with Crippen molar-refractivity contribution in [2.24, 2.45) is 17.8 Å². The van der Waals surface area contributed by atoms with E-state index in [9.17, 15) is 5.11 Å². The molecule has 2 aliphatic rings. The Morgan fingerprint density at radius 2 is 1.90 bits per heavy atom. The Kier molecular flexibility index (Phi) is 5.68. The van der Waals surface area contributed by atoms with Gasteiger partial charge >= 0.3 is 0 Å². The summed E-state index contributed by atoms with van der Waals surface area (Å²) in [4.78, 5) is 0. The van der Waals surface area contributed by atoms with Crippen LogP contribution in [0.2, 0.25) is 0 Å². The van der Waals surface area contributed by atoms with Crippen molar-refractivity contribution in [1.82, 2.24) is 0 Å². The van der Waals surface area contributed by atoms with E-state index >= 15 is 0 Å². The van der Waals surface area contributed by atoms with Gasteiger partial charge in [-0.1, -0.05) is 25.5 Å². The molecule has 2 atom stereocenters. The average Bonchev–Trinajstić information content (AvgIpc) is 2.42. The van der Waals surface area contributed by atoms with E-state index in [0.717, 1.165) is 43.4 Å². The third-order valence-electron chi connectivity index (χ3n) is 5.45. The van der Waals surface area contributed by atoms with E-state index in [4.69, 9.17) is 4.74 Å². The third kappa shape index (κ3) is 3.85. The zero-order valence-electron chi connectivity index (χ0n) is 13.5. The van der Waals surface area contributed by atoms with Gasteiger partial charge in [0.25, 0.3) is 0 Å². The molecule has 0 radical (unpaired) electrons. The molecule has 0 aliphatic heterocycles. The first kappa shape index (κ1) is 16.0. The minimum absolute atomic E-state index is 0.618. The maximum Gasteiger partial charge on any atom is 0.165 e. The van der Waals surface area contributed by atoms with Crippen LogP contribution in [0.1, 0.15) is 72.1 Å². The molecule has 0 amide bonds. The lowest BCUT2D eigenvalue weighted by molar-refractivity contribution is -0.224.